The zero-order valence-corrected chi connectivity index (χ0v) is 12.5. The largest absolute Gasteiger partial charge is 0.394 e. The molecule has 3 nitrogen and oxygen atoms in total. The molecule has 2 aliphatic carbocycles. The highest BCUT2D eigenvalue weighted by atomic mass is 16.5. The average molecular weight is 269 g/mol. The Kier molecular flexibility index (Phi) is 6.11. The van der Waals surface area contributed by atoms with E-state index in [1.54, 1.807) is 0 Å². The third kappa shape index (κ3) is 4.44. The third-order valence-corrected chi connectivity index (χ3v) is 4.91. The molecule has 2 N–H and O–H groups in total. The van der Waals surface area contributed by atoms with E-state index < -0.39 is 0 Å². The molecule has 19 heavy (non-hydrogen) atoms. The number of aliphatic hydroxyl groups is 1. The quantitative estimate of drug-likeness (QED) is 0.747. The van der Waals surface area contributed by atoms with Crippen molar-refractivity contribution < 1.29 is 9.84 Å². The van der Waals surface area contributed by atoms with Crippen molar-refractivity contribution in [3.63, 3.8) is 0 Å². The van der Waals surface area contributed by atoms with Gasteiger partial charge in [-0.25, -0.2) is 0 Å². The average Bonchev–Trinajstić information content (AvgIpc) is 2.88. The first-order valence-corrected chi connectivity index (χ1v) is 8.25. The van der Waals surface area contributed by atoms with Gasteiger partial charge in [-0.1, -0.05) is 26.2 Å². The highest BCUT2D eigenvalue weighted by molar-refractivity contribution is 4.96. The van der Waals surface area contributed by atoms with Gasteiger partial charge in [0.1, 0.15) is 0 Å². The summed E-state index contributed by atoms with van der Waals surface area (Å²) in [5.41, 5.74) is -0.0623. The van der Waals surface area contributed by atoms with Crippen LogP contribution in [-0.2, 0) is 4.74 Å². The Morgan fingerprint density at radius 2 is 2.00 bits per heavy atom. The Labute approximate surface area is 118 Å². The number of ether oxygens (including phenoxy) is 1. The van der Waals surface area contributed by atoms with Crippen LogP contribution < -0.4 is 5.32 Å². The summed E-state index contributed by atoms with van der Waals surface area (Å²) in [6.45, 7) is 4.36. The fourth-order valence-electron chi connectivity index (χ4n) is 3.60. The van der Waals surface area contributed by atoms with Gasteiger partial charge in [0.15, 0.2) is 0 Å². The van der Waals surface area contributed by atoms with Crippen molar-refractivity contribution in [3.05, 3.63) is 0 Å². The normalized spacial score (nSPS) is 32.8. The lowest BCUT2D eigenvalue weighted by Crippen LogP contribution is -2.47. The summed E-state index contributed by atoms with van der Waals surface area (Å²) in [6, 6.07) is 0. The van der Waals surface area contributed by atoms with Crippen LogP contribution in [0.2, 0.25) is 0 Å². The second kappa shape index (κ2) is 7.61. The molecule has 0 aliphatic heterocycles. The van der Waals surface area contributed by atoms with Gasteiger partial charge in [-0.2, -0.15) is 0 Å². The highest BCUT2D eigenvalue weighted by Crippen LogP contribution is 2.33. The van der Waals surface area contributed by atoms with Gasteiger partial charge in [0.2, 0.25) is 0 Å². The van der Waals surface area contributed by atoms with Crippen molar-refractivity contribution in [1.29, 1.82) is 0 Å². The predicted octanol–water partition coefficient (Wildman–Crippen LogP) is 2.87. The highest BCUT2D eigenvalue weighted by Gasteiger charge is 2.38. The molecule has 2 atom stereocenters. The Morgan fingerprint density at radius 3 is 2.68 bits per heavy atom. The molecule has 0 aromatic carbocycles. The number of hydrogen-bond acceptors (Lipinski definition) is 3. The number of hydrogen-bond donors (Lipinski definition) is 2. The van der Waals surface area contributed by atoms with Gasteiger partial charge in [0, 0.05) is 12.1 Å². The summed E-state index contributed by atoms with van der Waals surface area (Å²) in [4.78, 5) is 0. The lowest BCUT2D eigenvalue weighted by atomic mass is 9.90. The van der Waals surface area contributed by atoms with Crippen LogP contribution in [0.1, 0.15) is 64.7 Å². The summed E-state index contributed by atoms with van der Waals surface area (Å²) < 4.78 is 6.13. The van der Waals surface area contributed by atoms with E-state index >= 15 is 0 Å². The van der Waals surface area contributed by atoms with Crippen LogP contribution in [0.3, 0.4) is 0 Å². The van der Waals surface area contributed by atoms with Gasteiger partial charge in [0.25, 0.3) is 0 Å². The van der Waals surface area contributed by atoms with E-state index in [4.69, 9.17) is 4.74 Å². The molecule has 2 rings (SSSR count). The van der Waals surface area contributed by atoms with E-state index in [2.05, 4.69) is 12.2 Å². The van der Waals surface area contributed by atoms with Crippen LogP contribution in [0, 0.1) is 5.92 Å². The Balaban J connectivity index is 1.70. The minimum Gasteiger partial charge on any atom is -0.394 e. The molecule has 0 radical (unpaired) electrons. The monoisotopic (exact) mass is 269 g/mol. The van der Waals surface area contributed by atoms with Gasteiger partial charge < -0.3 is 15.2 Å². The molecule has 112 valence electrons. The summed E-state index contributed by atoms with van der Waals surface area (Å²) in [7, 11) is 0. The molecule has 0 spiro atoms. The van der Waals surface area contributed by atoms with E-state index in [-0.39, 0.29) is 12.1 Å². The number of rotatable bonds is 7. The van der Waals surface area contributed by atoms with Crippen LogP contribution in [0.25, 0.3) is 0 Å². The van der Waals surface area contributed by atoms with E-state index in [9.17, 15) is 5.11 Å². The molecule has 3 heteroatoms. The lowest BCUT2D eigenvalue weighted by Gasteiger charge is -2.29. The van der Waals surface area contributed by atoms with Gasteiger partial charge in [-0.3, -0.25) is 0 Å². The predicted molar refractivity (Wildman–Crippen MR) is 78.3 cm³/mol. The first kappa shape index (κ1) is 15.3. The standard InChI is InChI=1S/C16H31NO2/c1-2-10-17-16(13-18)9-8-15(11-16)19-12-14-6-4-3-5-7-14/h14-15,17-18H,2-13H2,1H3. The van der Waals surface area contributed by atoms with Gasteiger partial charge >= 0.3 is 0 Å². The smallest absolute Gasteiger partial charge is 0.0614 e. The van der Waals surface area contributed by atoms with Gasteiger partial charge in [-0.05, 0) is 51.0 Å². The van der Waals surface area contributed by atoms with Crippen molar-refractivity contribution in [3.8, 4) is 0 Å². The van der Waals surface area contributed by atoms with Gasteiger partial charge in [-0.15, -0.1) is 0 Å². The Morgan fingerprint density at radius 1 is 1.21 bits per heavy atom. The second-order valence-corrected chi connectivity index (χ2v) is 6.57. The minimum absolute atomic E-state index is 0.0623. The number of nitrogens with one attached hydrogen (secondary N) is 1. The Hall–Kier alpha value is -0.120. The third-order valence-electron chi connectivity index (χ3n) is 4.91. The van der Waals surface area contributed by atoms with Crippen molar-refractivity contribution in [2.24, 2.45) is 5.92 Å². The fourth-order valence-corrected chi connectivity index (χ4v) is 3.60. The molecule has 0 aromatic rings. The maximum absolute atomic E-state index is 9.66. The molecular weight excluding hydrogens is 238 g/mol. The van der Waals surface area contributed by atoms with Crippen molar-refractivity contribution >= 4 is 0 Å². The fraction of sp³-hybridized carbons (Fsp3) is 1.00. The molecule has 2 aliphatic rings. The van der Waals surface area contributed by atoms with Crippen LogP contribution in [0.15, 0.2) is 0 Å². The zero-order chi connectivity index (χ0) is 13.6. The summed E-state index contributed by atoms with van der Waals surface area (Å²) in [5.74, 6) is 0.793. The minimum atomic E-state index is -0.0623. The Bertz CT molecular complexity index is 253. The van der Waals surface area contributed by atoms with E-state index in [1.807, 2.05) is 0 Å². The van der Waals surface area contributed by atoms with Gasteiger partial charge in [0.05, 0.1) is 12.7 Å². The molecule has 2 saturated carbocycles. The van der Waals surface area contributed by atoms with E-state index in [0.717, 1.165) is 44.8 Å². The van der Waals surface area contributed by atoms with Crippen LogP contribution in [0.4, 0.5) is 0 Å². The maximum Gasteiger partial charge on any atom is 0.0614 e. The molecule has 0 saturated heterocycles. The lowest BCUT2D eigenvalue weighted by molar-refractivity contribution is 0.0173. The van der Waals surface area contributed by atoms with Crippen LogP contribution in [0.5, 0.6) is 0 Å². The summed E-state index contributed by atoms with van der Waals surface area (Å²) in [5, 5.41) is 13.2. The first-order valence-electron chi connectivity index (χ1n) is 8.25. The molecule has 0 heterocycles. The molecule has 0 bridgehead atoms. The van der Waals surface area contributed by atoms with Crippen LogP contribution >= 0.6 is 0 Å². The number of aliphatic hydroxyl groups excluding tert-OH is 1. The van der Waals surface area contributed by atoms with Crippen molar-refractivity contribution in [1.82, 2.24) is 5.32 Å². The maximum atomic E-state index is 9.66. The van der Waals surface area contributed by atoms with Crippen LogP contribution in [-0.4, -0.2) is 36.5 Å². The van der Waals surface area contributed by atoms with Crippen molar-refractivity contribution in [2.45, 2.75) is 76.4 Å². The molecule has 0 amide bonds. The van der Waals surface area contributed by atoms with Crippen molar-refractivity contribution in [2.75, 3.05) is 19.8 Å². The topological polar surface area (TPSA) is 41.5 Å². The summed E-state index contributed by atoms with van der Waals surface area (Å²) in [6.07, 6.45) is 11.5. The zero-order valence-electron chi connectivity index (χ0n) is 12.5. The first-order chi connectivity index (χ1) is 9.28. The SMILES string of the molecule is CCCNC1(CO)CCC(OCC2CCCCC2)C1. The molecule has 0 aromatic heterocycles. The molecular formula is C16H31NO2. The second-order valence-electron chi connectivity index (χ2n) is 6.57. The van der Waals surface area contributed by atoms with E-state index in [1.165, 1.54) is 32.1 Å². The van der Waals surface area contributed by atoms with E-state index in [0.29, 0.717) is 6.10 Å². The molecule has 2 unspecified atom stereocenters. The summed E-state index contributed by atoms with van der Waals surface area (Å²) >= 11 is 0. The molecule has 2 fully saturated rings.